The quantitative estimate of drug-likeness (QED) is 0.903. The highest BCUT2D eigenvalue weighted by Gasteiger charge is 2.27. The van der Waals surface area contributed by atoms with E-state index >= 15 is 0 Å². The Morgan fingerprint density at radius 3 is 2.14 bits per heavy atom. The summed E-state index contributed by atoms with van der Waals surface area (Å²) in [5, 5.41) is 8.87. The van der Waals surface area contributed by atoms with Gasteiger partial charge in [0, 0.05) is 26.2 Å². The lowest BCUT2D eigenvalue weighted by atomic mass is 9.97. The largest absolute Gasteiger partial charge is 0.387 e. The molecule has 0 saturated carbocycles. The predicted molar refractivity (Wildman–Crippen MR) is 84.5 cm³/mol. The van der Waals surface area contributed by atoms with Crippen LogP contribution >= 0.6 is 0 Å². The lowest BCUT2D eigenvalue weighted by molar-refractivity contribution is -0.141. The molecule has 0 aromatic heterocycles. The van der Waals surface area contributed by atoms with Gasteiger partial charge < -0.3 is 14.9 Å². The monoisotopic (exact) mass is 304 g/mol. The minimum atomic E-state index is -0.464. The smallest absolute Gasteiger partial charge is 0.248 e. The minimum Gasteiger partial charge on any atom is -0.387 e. The summed E-state index contributed by atoms with van der Waals surface area (Å²) in [6.07, 6.45) is 0.990. The molecular weight excluding hydrogens is 280 g/mol. The van der Waals surface area contributed by atoms with Gasteiger partial charge in [0.2, 0.25) is 11.8 Å². The molecule has 1 heterocycles. The van der Waals surface area contributed by atoms with Gasteiger partial charge >= 0.3 is 0 Å². The Morgan fingerprint density at radius 1 is 1.09 bits per heavy atom. The van der Waals surface area contributed by atoms with E-state index in [0.717, 1.165) is 12.0 Å². The predicted octanol–water partition coefficient (Wildman–Crippen LogP) is 1.02. The summed E-state index contributed by atoms with van der Waals surface area (Å²) in [4.78, 5) is 27.4. The average molecular weight is 304 g/mol. The van der Waals surface area contributed by atoms with Crippen LogP contribution < -0.4 is 0 Å². The van der Waals surface area contributed by atoms with Crippen LogP contribution in [0.3, 0.4) is 0 Å². The number of aliphatic hydroxyl groups is 1. The minimum absolute atomic E-state index is 0.0975. The number of nitrogens with zero attached hydrogens (tertiary/aromatic N) is 2. The summed E-state index contributed by atoms with van der Waals surface area (Å²) in [5.41, 5.74) is 2.29. The molecule has 0 bridgehead atoms. The molecule has 1 aliphatic heterocycles. The molecule has 22 heavy (non-hydrogen) atoms. The number of piperazine rings is 1. The molecule has 120 valence electrons. The van der Waals surface area contributed by atoms with E-state index in [0.29, 0.717) is 26.2 Å². The molecule has 5 heteroatoms. The van der Waals surface area contributed by atoms with Crippen molar-refractivity contribution in [1.29, 1.82) is 0 Å². The molecule has 1 aromatic carbocycles. The Bertz CT molecular complexity index is 519. The van der Waals surface area contributed by atoms with Gasteiger partial charge in [-0.2, -0.15) is 0 Å². The number of benzene rings is 1. The van der Waals surface area contributed by atoms with Gasteiger partial charge in [-0.1, -0.05) is 31.2 Å². The Balaban J connectivity index is 1.95. The molecule has 1 unspecified atom stereocenters. The molecule has 2 rings (SSSR count). The number of hydrogen-bond donors (Lipinski definition) is 1. The first-order valence-electron chi connectivity index (χ1n) is 7.83. The zero-order chi connectivity index (χ0) is 16.1. The van der Waals surface area contributed by atoms with Crippen LogP contribution in [-0.2, 0) is 16.0 Å². The molecule has 1 N–H and O–H groups in total. The van der Waals surface area contributed by atoms with Crippen LogP contribution in [0, 0.1) is 0 Å². The topological polar surface area (TPSA) is 60.9 Å². The van der Waals surface area contributed by atoms with Crippen molar-refractivity contribution in [3.8, 4) is 0 Å². The molecule has 2 amide bonds. The van der Waals surface area contributed by atoms with E-state index in [4.69, 9.17) is 5.11 Å². The van der Waals surface area contributed by atoms with E-state index in [1.807, 2.05) is 19.1 Å². The maximum atomic E-state index is 12.6. The summed E-state index contributed by atoms with van der Waals surface area (Å²) in [7, 11) is 0. The first-order valence-corrected chi connectivity index (χ1v) is 7.83. The van der Waals surface area contributed by atoms with Crippen molar-refractivity contribution in [3.63, 3.8) is 0 Å². The van der Waals surface area contributed by atoms with Gasteiger partial charge in [-0.3, -0.25) is 9.59 Å². The van der Waals surface area contributed by atoms with Crippen LogP contribution in [-0.4, -0.2) is 59.5 Å². The van der Waals surface area contributed by atoms with Gasteiger partial charge in [-0.05, 0) is 24.5 Å². The summed E-state index contributed by atoms with van der Waals surface area (Å²) in [5.74, 6) is -0.346. The van der Waals surface area contributed by atoms with Gasteiger partial charge in [0.25, 0.3) is 0 Å². The van der Waals surface area contributed by atoms with Crippen molar-refractivity contribution in [1.82, 2.24) is 9.80 Å². The van der Waals surface area contributed by atoms with Gasteiger partial charge in [-0.25, -0.2) is 0 Å². The van der Waals surface area contributed by atoms with E-state index in [1.165, 1.54) is 5.56 Å². The van der Waals surface area contributed by atoms with Gasteiger partial charge in [-0.15, -0.1) is 0 Å². The van der Waals surface area contributed by atoms with Gasteiger partial charge in [0.1, 0.15) is 6.61 Å². The third kappa shape index (κ3) is 3.65. The summed E-state index contributed by atoms with van der Waals surface area (Å²) < 4.78 is 0. The molecule has 1 aromatic rings. The lowest BCUT2D eigenvalue weighted by Gasteiger charge is -2.35. The third-order valence-electron chi connectivity index (χ3n) is 4.34. The third-order valence-corrected chi connectivity index (χ3v) is 4.34. The normalized spacial score (nSPS) is 16.5. The second kappa shape index (κ2) is 7.40. The number of amides is 2. The van der Waals surface area contributed by atoms with E-state index in [9.17, 15) is 9.59 Å². The standard InChI is InChI=1S/C17H24N2O3/c1-3-14-4-6-15(7-5-14)13(2)17(22)19-10-8-18(9-11-19)16(21)12-20/h4-7,13,20H,3,8-12H2,1-2H3. The van der Waals surface area contributed by atoms with E-state index < -0.39 is 6.61 Å². The molecule has 1 fully saturated rings. The van der Waals surface area contributed by atoms with Crippen molar-refractivity contribution in [2.75, 3.05) is 32.8 Å². The maximum Gasteiger partial charge on any atom is 0.248 e. The van der Waals surface area contributed by atoms with Crippen LogP contribution in [0.1, 0.15) is 30.9 Å². The van der Waals surface area contributed by atoms with Crippen molar-refractivity contribution < 1.29 is 14.7 Å². The first-order chi connectivity index (χ1) is 10.6. The Morgan fingerprint density at radius 2 is 1.64 bits per heavy atom. The number of rotatable bonds is 4. The second-order valence-electron chi connectivity index (χ2n) is 5.68. The molecule has 0 spiro atoms. The number of aryl methyl sites for hydroxylation is 1. The SMILES string of the molecule is CCc1ccc(C(C)C(=O)N2CCN(C(=O)CO)CC2)cc1. The van der Waals surface area contributed by atoms with Crippen molar-refractivity contribution >= 4 is 11.8 Å². The molecule has 1 atom stereocenters. The van der Waals surface area contributed by atoms with Crippen LogP contribution in [0.4, 0.5) is 0 Å². The fraction of sp³-hybridized carbons (Fsp3) is 0.529. The number of aliphatic hydroxyl groups excluding tert-OH is 1. The second-order valence-corrected chi connectivity index (χ2v) is 5.68. The molecule has 0 aliphatic carbocycles. The van der Waals surface area contributed by atoms with Gasteiger partial charge in [0.05, 0.1) is 5.92 Å². The molecule has 5 nitrogen and oxygen atoms in total. The number of carbonyl (C=O) groups excluding carboxylic acids is 2. The zero-order valence-electron chi connectivity index (χ0n) is 13.3. The Kier molecular flexibility index (Phi) is 5.55. The number of carbonyl (C=O) groups is 2. The lowest BCUT2D eigenvalue weighted by Crippen LogP contribution is -2.52. The summed E-state index contributed by atoms with van der Waals surface area (Å²) in [6.45, 7) is 5.61. The molecular formula is C17H24N2O3. The Labute approximate surface area is 131 Å². The highest BCUT2D eigenvalue weighted by atomic mass is 16.3. The molecule has 1 aliphatic rings. The maximum absolute atomic E-state index is 12.6. The van der Waals surface area contributed by atoms with E-state index in [2.05, 4.69) is 19.1 Å². The van der Waals surface area contributed by atoms with Crippen LogP contribution in [0.15, 0.2) is 24.3 Å². The van der Waals surface area contributed by atoms with Crippen molar-refractivity contribution in [2.45, 2.75) is 26.2 Å². The summed E-state index contributed by atoms with van der Waals surface area (Å²) >= 11 is 0. The number of hydrogen-bond acceptors (Lipinski definition) is 3. The average Bonchev–Trinajstić information content (AvgIpc) is 2.60. The van der Waals surface area contributed by atoms with Crippen LogP contribution in [0.25, 0.3) is 0 Å². The highest BCUT2D eigenvalue weighted by Crippen LogP contribution is 2.20. The Hall–Kier alpha value is -1.88. The van der Waals surface area contributed by atoms with Crippen LogP contribution in [0.5, 0.6) is 0 Å². The van der Waals surface area contributed by atoms with Crippen molar-refractivity contribution in [3.05, 3.63) is 35.4 Å². The fourth-order valence-electron chi connectivity index (χ4n) is 2.73. The highest BCUT2D eigenvalue weighted by molar-refractivity contribution is 5.84. The fourth-order valence-corrected chi connectivity index (χ4v) is 2.73. The molecule has 0 radical (unpaired) electrons. The summed E-state index contributed by atoms with van der Waals surface area (Å²) in [6, 6.07) is 8.17. The van der Waals surface area contributed by atoms with Crippen LogP contribution in [0.2, 0.25) is 0 Å². The van der Waals surface area contributed by atoms with E-state index in [-0.39, 0.29) is 17.7 Å². The molecule has 1 saturated heterocycles. The zero-order valence-corrected chi connectivity index (χ0v) is 13.3. The first kappa shape index (κ1) is 16.5. The van der Waals surface area contributed by atoms with Gasteiger partial charge in [0.15, 0.2) is 0 Å². The van der Waals surface area contributed by atoms with Crippen molar-refractivity contribution in [2.24, 2.45) is 0 Å². The van der Waals surface area contributed by atoms with E-state index in [1.54, 1.807) is 9.80 Å².